The standard InChI is InChI=1S/C21H21FN4O3/c1-21(2,29)13-24-19(27)17-10-18(15-7-5-14(11-22)6-8-15)25-26(20(17)28)16-4-3-9-23-12-16/h3-10,12,29H,11,13H2,1-2H3,(H,24,27). The molecule has 0 unspecified atom stereocenters. The van der Waals surface area contributed by atoms with E-state index in [1.807, 2.05) is 0 Å². The summed E-state index contributed by atoms with van der Waals surface area (Å²) in [6.45, 7) is 2.48. The first kappa shape index (κ1) is 20.3. The second-order valence-electron chi connectivity index (χ2n) is 7.20. The summed E-state index contributed by atoms with van der Waals surface area (Å²) in [6, 6.07) is 11.3. The summed E-state index contributed by atoms with van der Waals surface area (Å²) in [5.41, 5.74) is 0.0289. The zero-order valence-corrected chi connectivity index (χ0v) is 16.1. The van der Waals surface area contributed by atoms with Crippen LogP contribution in [-0.4, -0.2) is 37.9 Å². The number of pyridine rings is 1. The van der Waals surface area contributed by atoms with Gasteiger partial charge in [-0.2, -0.15) is 9.78 Å². The van der Waals surface area contributed by atoms with Gasteiger partial charge in [-0.1, -0.05) is 24.3 Å². The molecule has 0 aliphatic carbocycles. The van der Waals surface area contributed by atoms with Crippen molar-refractivity contribution in [1.82, 2.24) is 20.1 Å². The van der Waals surface area contributed by atoms with E-state index in [0.29, 0.717) is 22.5 Å². The van der Waals surface area contributed by atoms with Crippen molar-refractivity contribution in [1.29, 1.82) is 0 Å². The molecule has 0 saturated carbocycles. The first-order chi connectivity index (χ1) is 13.8. The van der Waals surface area contributed by atoms with Crippen LogP contribution in [0.4, 0.5) is 4.39 Å². The number of nitrogens with one attached hydrogen (secondary N) is 1. The van der Waals surface area contributed by atoms with Crippen LogP contribution >= 0.6 is 0 Å². The summed E-state index contributed by atoms with van der Waals surface area (Å²) < 4.78 is 13.9. The second-order valence-corrected chi connectivity index (χ2v) is 7.20. The molecule has 150 valence electrons. The molecule has 0 atom stereocenters. The van der Waals surface area contributed by atoms with Crippen molar-refractivity contribution in [3.05, 3.63) is 76.3 Å². The minimum Gasteiger partial charge on any atom is -0.389 e. The molecule has 29 heavy (non-hydrogen) atoms. The van der Waals surface area contributed by atoms with E-state index in [2.05, 4.69) is 15.4 Å². The van der Waals surface area contributed by atoms with Gasteiger partial charge in [0.15, 0.2) is 0 Å². The molecule has 2 aromatic heterocycles. The third-order valence-electron chi connectivity index (χ3n) is 4.13. The van der Waals surface area contributed by atoms with Crippen LogP contribution in [0, 0.1) is 0 Å². The van der Waals surface area contributed by atoms with Crippen molar-refractivity contribution < 1.29 is 14.3 Å². The van der Waals surface area contributed by atoms with E-state index in [4.69, 9.17) is 0 Å². The van der Waals surface area contributed by atoms with Crippen LogP contribution in [0.3, 0.4) is 0 Å². The number of aliphatic hydroxyl groups is 1. The maximum atomic E-state index is 12.9. The smallest absolute Gasteiger partial charge is 0.284 e. The number of carbonyl (C=O) groups is 1. The third-order valence-corrected chi connectivity index (χ3v) is 4.13. The lowest BCUT2D eigenvalue weighted by Gasteiger charge is -2.18. The Hall–Kier alpha value is -3.39. The Labute approximate surface area is 166 Å². The van der Waals surface area contributed by atoms with Gasteiger partial charge in [-0.3, -0.25) is 14.6 Å². The molecule has 0 saturated heterocycles. The largest absolute Gasteiger partial charge is 0.389 e. The highest BCUT2D eigenvalue weighted by Crippen LogP contribution is 2.19. The minimum atomic E-state index is -1.13. The molecule has 0 spiro atoms. The summed E-state index contributed by atoms with van der Waals surface area (Å²) in [5.74, 6) is -0.626. The number of carbonyl (C=O) groups excluding carboxylic acids is 1. The lowest BCUT2D eigenvalue weighted by atomic mass is 10.1. The molecule has 0 fully saturated rings. The van der Waals surface area contributed by atoms with Crippen LogP contribution in [-0.2, 0) is 6.67 Å². The molecule has 0 bridgehead atoms. The first-order valence-electron chi connectivity index (χ1n) is 8.99. The third kappa shape index (κ3) is 4.91. The lowest BCUT2D eigenvalue weighted by Crippen LogP contribution is -2.41. The number of alkyl halides is 1. The maximum absolute atomic E-state index is 12.9. The molecule has 0 radical (unpaired) electrons. The highest BCUT2D eigenvalue weighted by Gasteiger charge is 2.20. The molecule has 7 nitrogen and oxygen atoms in total. The van der Waals surface area contributed by atoms with Crippen LogP contribution in [0.1, 0.15) is 29.8 Å². The topological polar surface area (TPSA) is 97.1 Å². The Morgan fingerprint density at radius 3 is 2.55 bits per heavy atom. The van der Waals surface area contributed by atoms with E-state index in [9.17, 15) is 19.1 Å². The Kier molecular flexibility index (Phi) is 5.84. The number of halogens is 1. The molecule has 3 rings (SSSR count). The first-order valence-corrected chi connectivity index (χ1v) is 8.99. The van der Waals surface area contributed by atoms with Gasteiger partial charge in [0.25, 0.3) is 11.5 Å². The van der Waals surface area contributed by atoms with Crippen molar-refractivity contribution in [3.8, 4) is 16.9 Å². The number of rotatable bonds is 6. The van der Waals surface area contributed by atoms with E-state index in [1.165, 1.54) is 12.3 Å². The molecule has 2 N–H and O–H groups in total. The molecule has 2 heterocycles. The maximum Gasteiger partial charge on any atom is 0.284 e. The zero-order chi connectivity index (χ0) is 21.0. The van der Waals surface area contributed by atoms with Crippen molar-refractivity contribution >= 4 is 5.91 Å². The molecule has 0 aliphatic heterocycles. The summed E-state index contributed by atoms with van der Waals surface area (Å²) in [5, 5.41) is 16.8. The minimum absolute atomic E-state index is 0.0268. The predicted molar refractivity (Wildman–Crippen MR) is 107 cm³/mol. The van der Waals surface area contributed by atoms with Gasteiger partial charge >= 0.3 is 0 Å². The van der Waals surface area contributed by atoms with Gasteiger partial charge in [0.2, 0.25) is 0 Å². The van der Waals surface area contributed by atoms with Gasteiger partial charge in [-0.05, 0) is 37.6 Å². The highest BCUT2D eigenvalue weighted by atomic mass is 19.1. The molecule has 8 heteroatoms. The number of hydrogen-bond acceptors (Lipinski definition) is 5. The van der Waals surface area contributed by atoms with Crippen molar-refractivity contribution in [2.24, 2.45) is 0 Å². The highest BCUT2D eigenvalue weighted by molar-refractivity contribution is 5.94. The Bertz CT molecular complexity index is 1060. The molecular weight excluding hydrogens is 375 g/mol. The van der Waals surface area contributed by atoms with E-state index >= 15 is 0 Å². The number of amides is 1. The van der Waals surface area contributed by atoms with Crippen LogP contribution in [0.2, 0.25) is 0 Å². The number of aromatic nitrogens is 3. The number of hydrogen-bond donors (Lipinski definition) is 2. The van der Waals surface area contributed by atoms with Gasteiger partial charge < -0.3 is 10.4 Å². The summed E-state index contributed by atoms with van der Waals surface area (Å²) in [6.07, 6.45) is 3.02. The van der Waals surface area contributed by atoms with Crippen molar-refractivity contribution in [2.45, 2.75) is 26.1 Å². The Balaban J connectivity index is 2.11. The zero-order valence-electron chi connectivity index (χ0n) is 16.1. The summed E-state index contributed by atoms with van der Waals surface area (Å²) in [7, 11) is 0. The van der Waals surface area contributed by atoms with Crippen molar-refractivity contribution in [2.75, 3.05) is 6.54 Å². The molecule has 1 aromatic carbocycles. The van der Waals surface area contributed by atoms with E-state index < -0.39 is 23.7 Å². The fraction of sp³-hybridized carbons (Fsp3) is 0.238. The van der Waals surface area contributed by atoms with Crippen molar-refractivity contribution in [3.63, 3.8) is 0 Å². The van der Waals surface area contributed by atoms with Crippen LogP contribution in [0.5, 0.6) is 0 Å². The van der Waals surface area contributed by atoms with Crippen LogP contribution in [0.15, 0.2) is 59.7 Å². The Morgan fingerprint density at radius 2 is 1.97 bits per heavy atom. The Morgan fingerprint density at radius 1 is 1.24 bits per heavy atom. The number of nitrogens with zero attached hydrogens (tertiary/aromatic N) is 3. The average molecular weight is 396 g/mol. The van der Waals surface area contributed by atoms with E-state index in [0.717, 1.165) is 4.68 Å². The molecule has 3 aromatic rings. The van der Waals surface area contributed by atoms with Gasteiger partial charge in [0, 0.05) is 18.3 Å². The lowest BCUT2D eigenvalue weighted by molar-refractivity contribution is 0.0693. The SMILES string of the molecule is CC(C)(O)CNC(=O)c1cc(-c2ccc(CF)cc2)nn(-c2cccnc2)c1=O. The fourth-order valence-electron chi connectivity index (χ4n) is 2.61. The van der Waals surface area contributed by atoms with Gasteiger partial charge in [0.1, 0.15) is 12.2 Å². The van der Waals surface area contributed by atoms with E-state index in [-0.39, 0.29) is 12.1 Å². The fourth-order valence-corrected chi connectivity index (χ4v) is 2.61. The monoisotopic (exact) mass is 396 g/mol. The quantitative estimate of drug-likeness (QED) is 0.666. The normalized spacial score (nSPS) is 11.3. The number of benzene rings is 1. The van der Waals surface area contributed by atoms with Gasteiger partial charge in [-0.15, -0.1) is 0 Å². The average Bonchev–Trinajstić information content (AvgIpc) is 2.72. The molecule has 1 amide bonds. The van der Waals surface area contributed by atoms with Gasteiger partial charge in [0.05, 0.1) is 23.2 Å². The van der Waals surface area contributed by atoms with E-state index in [1.54, 1.807) is 56.4 Å². The second kappa shape index (κ2) is 8.32. The summed E-state index contributed by atoms with van der Waals surface area (Å²) in [4.78, 5) is 29.6. The van der Waals surface area contributed by atoms with Crippen LogP contribution < -0.4 is 10.9 Å². The molecular formula is C21H21FN4O3. The predicted octanol–water partition coefficient (Wildman–Crippen LogP) is 2.26. The van der Waals surface area contributed by atoms with Crippen LogP contribution in [0.25, 0.3) is 16.9 Å². The summed E-state index contributed by atoms with van der Waals surface area (Å²) >= 11 is 0. The van der Waals surface area contributed by atoms with Gasteiger partial charge in [-0.25, -0.2) is 4.39 Å². The molecule has 0 aliphatic rings.